The number of benzene rings is 1. The van der Waals surface area contributed by atoms with Crippen LogP contribution in [-0.4, -0.2) is 38.0 Å². The maximum absolute atomic E-state index is 12.2. The van der Waals surface area contributed by atoms with Gasteiger partial charge in [0, 0.05) is 12.2 Å². The fourth-order valence-corrected chi connectivity index (χ4v) is 1.84. The van der Waals surface area contributed by atoms with Gasteiger partial charge >= 0.3 is 0 Å². The van der Waals surface area contributed by atoms with Gasteiger partial charge in [-0.05, 0) is 37.6 Å². The van der Waals surface area contributed by atoms with Crippen LogP contribution in [0.1, 0.15) is 25.8 Å². The third kappa shape index (κ3) is 5.54. The number of quaternary nitrogens is 1. The molecule has 22 heavy (non-hydrogen) atoms. The Bertz CT molecular complexity index is 548. The van der Waals surface area contributed by atoms with E-state index in [1.165, 1.54) is 0 Å². The summed E-state index contributed by atoms with van der Waals surface area (Å²) in [5.41, 5.74) is 1.18. The van der Waals surface area contributed by atoms with Gasteiger partial charge in [0.15, 0.2) is 12.6 Å². The van der Waals surface area contributed by atoms with Crippen molar-refractivity contribution < 1.29 is 14.5 Å². The quantitative estimate of drug-likeness (QED) is 0.659. The average molecular weight is 303 g/mol. The molecule has 0 aliphatic heterocycles. The molecule has 1 aromatic rings. The monoisotopic (exact) mass is 303 g/mol. The Labute approximate surface area is 131 Å². The largest absolute Gasteiger partial charge is 0.351 e. The molecular weight excluding hydrogens is 280 g/mol. The first-order valence-electron chi connectivity index (χ1n) is 7.38. The predicted octanol–water partition coefficient (Wildman–Crippen LogP) is -0.0738. The van der Waals surface area contributed by atoms with E-state index in [4.69, 9.17) is 5.26 Å². The van der Waals surface area contributed by atoms with Crippen LogP contribution in [0.2, 0.25) is 0 Å². The van der Waals surface area contributed by atoms with Gasteiger partial charge in [0.25, 0.3) is 11.8 Å². The fourth-order valence-electron chi connectivity index (χ4n) is 1.84. The van der Waals surface area contributed by atoms with Crippen molar-refractivity contribution in [3.63, 3.8) is 0 Å². The summed E-state index contributed by atoms with van der Waals surface area (Å²) in [6, 6.07) is 8.34. The molecule has 6 heteroatoms. The number of amides is 2. The first kappa shape index (κ1) is 17.7. The fraction of sp³-hybridized carbons (Fsp3) is 0.438. The van der Waals surface area contributed by atoms with Crippen molar-refractivity contribution in [2.75, 3.05) is 25.5 Å². The van der Waals surface area contributed by atoms with Gasteiger partial charge in [-0.25, -0.2) is 0 Å². The molecule has 0 aromatic heterocycles. The van der Waals surface area contributed by atoms with Gasteiger partial charge in [0.2, 0.25) is 0 Å². The normalized spacial score (nSPS) is 12.8. The van der Waals surface area contributed by atoms with Gasteiger partial charge in [-0.2, -0.15) is 5.26 Å². The van der Waals surface area contributed by atoms with Crippen LogP contribution in [0.3, 0.4) is 0 Å². The number of rotatable bonds is 7. The van der Waals surface area contributed by atoms with E-state index >= 15 is 0 Å². The zero-order valence-electron chi connectivity index (χ0n) is 13.3. The van der Waals surface area contributed by atoms with E-state index in [9.17, 15) is 9.59 Å². The summed E-state index contributed by atoms with van der Waals surface area (Å²) >= 11 is 0. The number of nitrogens with one attached hydrogen (secondary N) is 3. The van der Waals surface area contributed by atoms with E-state index in [0.717, 1.165) is 11.3 Å². The van der Waals surface area contributed by atoms with Crippen molar-refractivity contribution >= 4 is 17.5 Å². The van der Waals surface area contributed by atoms with E-state index in [-0.39, 0.29) is 24.4 Å². The number of likely N-dealkylation sites (N-methyl/N-ethyl adjacent to an activating group) is 1. The molecule has 2 amide bonds. The molecule has 3 N–H and O–H groups in total. The highest BCUT2D eigenvalue weighted by molar-refractivity contribution is 5.93. The summed E-state index contributed by atoms with van der Waals surface area (Å²) in [4.78, 5) is 24.7. The topological polar surface area (TPSA) is 86.4 Å². The Balaban J connectivity index is 2.52. The van der Waals surface area contributed by atoms with Crippen LogP contribution in [0.5, 0.6) is 0 Å². The molecule has 0 saturated heterocycles. The zero-order chi connectivity index (χ0) is 16.5. The summed E-state index contributed by atoms with van der Waals surface area (Å²) in [6.45, 7) is 4.67. The van der Waals surface area contributed by atoms with Crippen molar-refractivity contribution in [1.82, 2.24) is 5.32 Å². The molecule has 118 valence electrons. The van der Waals surface area contributed by atoms with Crippen molar-refractivity contribution in [3.05, 3.63) is 29.8 Å². The number of nitriles is 1. The van der Waals surface area contributed by atoms with Crippen LogP contribution in [0.25, 0.3) is 0 Å². The highest BCUT2D eigenvalue weighted by atomic mass is 16.2. The molecule has 0 aliphatic rings. The number of hydrogen-bond donors (Lipinski definition) is 3. The lowest BCUT2D eigenvalue weighted by atomic mass is 10.2. The molecule has 0 radical (unpaired) electrons. The second-order valence-electron chi connectivity index (χ2n) is 5.27. The van der Waals surface area contributed by atoms with Gasteiger partial charge in [0.1, 0.15) is 0 Å². The number of carbonyl (C=O) groups is 2. The van der Waals surface area contributed by atoms with Crippen molar-refractivity contribution in [3.8, 4) is 6.07 Å². The number of carbonyl (C=O) groups excluding carboxylic acids is 2. The Morgan fingerprint density at radius 3 is 2.50 bits per heavy atom. The summed E-state index contributed by atoms with van der Waals surface area (Å²) in [6.07, 6.45) is 0.888. The molecule has 0 bridgehead atoms. The lowest BCUT2D eigenvalue weighted by Crippen LogP contribution is -3.15. The zero-order valence-corrected chi connectivity index (χ0v) is 13.3. The lowest BCUT2D eigenvalue weighted by molar-refractivity contribution is -0.885. The Hall–Kier alpha value is -2.39. The van der Waals surface area contributed by atoms with Crippen LogP contribution < -0.4 is 15.5 Å². The smallest absolute Gasteiger partial charge is 0.282 e. The standard InChI is InChI=1S/C16H22N4O2/c1-4-9-18-15(21)11-20(3)12(2)16(22)19-14-7-5-13(10-17)6-8-14/h5-8,12H,4,9,11H2,1-3H3,(H,18,21)(H,19,22)/p+1/t12-/m0/s1. The highest BCUT2D eigenvalue weighted by Crippen LogP contribution is 2.08. The second-order valence-corrected chi connectivity index (χ2v) is 5.27. The van der Waals surface area contributed by atoms with E-state index in [0.29, 0.717) is 17.8 Å². The molecule has 0 spiro atoms. The van der Waals surface area contributed by atoms with E-state index in [2.05, 4.69) is 10.6 Å². The third-order valence-corrected chi connectivity index (χ3v) is 3.43. The van der Waals surface area contributed by atoms with E-state index in [1.807, 2.05) is 20.0 Å². The van der Waals surface area contributed by atoms with Gasteiger partial charge < -0.3 is 15.5 Å². The third-order valence-electron chi connectivity index (χ3n) is 3.43. The average Bonchev–Trinajstić information content (AvgIpc) is 2.52. The molecule has 0 saturated carbocycles. The summed E-state index contributed by atoms with van der Waals surface area (Å²) in [5.74, 6) is -0.220. The Kier molecular flexibility index (Phi) is 7.06. The number of anilines is 1. The minimum atomic E-state index is -0.358. The maximum Gasteiger partial charge on any atom is 0.282 e. The first-order valence-corrected chi connectivity index (χ1v) is 7.38. The van der Waals surface area contributed by atoms with E-state index in [1.54, 1.807) is 31.2 Å². The molecule has 6 nitrogen and oxygen atoms in total. The van der Waals surface area contributed by atoms with Crippen molar-refractivity contribution in [2.24, 2.45) is 0 Å². The number of nitrogens with zero attached hydrogens (tertiary/aromatic N) is 1. The minimum absolute atomic E-state index is 0.0580. The molecule has 1 aromatic carbocycles. The summed E-state index contributed by atoms with van der Waals surface area (Å²) < 4.78 is 0. The number of hydrogen-bond acceptors (Lipinski definition) is 3. The molecule has 0 fully saturated rings. The first-order chi connectivity index (χ1) is 10.5. The lowest BCUT2D eigenvalue weighted by Gasteiger charge is -2.20. The van der Waals surface area contributed by atoms with E-state index < -0.39 is 0 Å². The maximum atomic E-state index is 12.2. The van der Waals surface area contributed by atoms with Crippen LogP contribution in [0.15, 0.2) is 24.3 Å². The predicted molar refractivity (Wildman–Crippen MR) is 84.3 cm³/mol. The van der Waals surface area contributed by atoms with Crippen LogP contribution >= 0.6 is 0 Å². The summed E-state index contributed by atoms with van der Waals surface area (Å²) in [7, 11) is 1.81. The van der Waals surface area contributed by atoms with Crippen LogP contribution in [0.4, 0.5) is 5.69 Å². The minimum Gasteiger partial charge on any atom is -0.351 e. The second kappa shape index (κ2) is 8.80. The molecule has 0 heterocycles. The molecule has 1 unspecified atom stereocenters. The van der Waals surface area contributed by atoms with Gasteiger partial charge in [-0.3, -0.25) is 9.59 Å². The highest BCUT2D eigenvalue weighted by Gasteiger charge is 2.23. The Morgan fingerprint density at radius 1 is 1.32 bits per heavy atom. The van der Waals surface area contributed by atoms with Crippen LogP contribution in [0, 0.1) is 11.3 Å². The van der Waals surface area contributed by atoms with Crippen molar-refractivity contribution in [1.29, 1.82) is 5.26 Å². The molecular formula is C16H23N4O2+. The Morgan fingerprint density at radius 2 is 1.95 bits per heavy atom. The molecule has 0 aliphatic carbocycles. The van der Waals surface area contributed by atoms with Gasteiger partial charge in [-0.1, -0.05) is 6.92 Å². The van der Waals surface area contributed by atoms with Gasteiger partial charge in [0.05, 0.1) is 18.7 Å². The van der Waals surface area contributed by atoms with Crippen molar-refractivity contribution in [2.45, 2.75) is 26.3 Å². The van der Waals surface area contributed by atoms with Gasteiger partial charge in [-0.15, -0.1) is 0 Å². The summed E-state index contributed by atoms with van der Waals surface area (Å²) in [5, 5.41) is 14.3. The molecule has 1 rings (SSSR count). The SMILES string of the molecule is CCCNC(=O)C[NH+](C)[C@@H](C)C(=O)Nc1ccc(C#N)cc1. The molecule has 2 atom stereocenters. The van der Waals surface area contributed by atoms with Crippen LogP contribution in [-0.2, 0) is 9.59 Å².